The van der Waals surface area contributed by atoms with Crippen molar-refractivity contribution in [2.45, 2.75) is 6.42 Å². The van der Waals surface area contributed by atoms with Crippen molar-refractivity contribution in [2.24, 2.45) is 0 Å². The highest BCUT2D eigenvalue weighted by molar-refractivity contribution is 6.29. The zero-order valence-corrected chi connectivity index (χ0v) is 21.7. The zero-order chi connectivity index (χ0) is 26.4. The molecule has 1 heteroatoms. The number of hydrogen-bond acceptors (Lipinski definition) is 0. The third-order valence-electron chi connectivity index (χ3n) is 8.84. The Morgan fingerprint density at radius 3 is 1.77 bits per heavy atom. The zero-order valence-electron chi connectivity index (χ0n) is 21.7. The monoisotopic (exact) mass is 510 g/mol. The SMILES string of the molecule is FC1=Cc2cc(-c3c4ccccc4c(-c4ccc5ccc6cccc7ccc4c5c67)c4ccccc34)ccc2C1. The third-order valence-corrected chi connectivity index (χ3v) is 8.84. The summed E-state index contributed by atoms with van der Waals surface area (Å²) in [7, 11) is 0. The molecule has 0 amide bonds. The Labute approximate surface area is 230 Å². The molecule has 0 N–H and O–H groups in total. The smallest absolute Gasteiger partial charge is 0.105 e. The van der Waals surface area contributed by atoms with Gasteiger partial charge in [0.2, 0.25) is 0 Å². The van der Waals surface area contributed by atoms with Crippen LogP contribution in [0.5, 0.6) is 0 Å². The second-order valence-corrected chi connectivity index (χ2v) is 11.0. The van der Waals surface area contributed by atoms with Crippen LogP contribution in [0.25, 0.3) is 82.2 Å². The maximum absolute atomic E-state index is 14.1. The van der Waals surface area contributed by atoms with Crippen LogP contribution in [0.4, 0.5) is 4.39 Å². The first-order chi connectivity index (χ1) is 19.7. The van der Waals surface area contributed by atoms with Crippen LogP contribution in [0.2, 0.25) is 0 Å². The summed E-state index contributed by atoms with van der Waals surface area (Å²) >= 11 is 0. The van der Waals surface area contributed by atoms with Crippen molar-refractivity contribution in [3.8, 4) is 22.3 Å². The molecule has 0 radical (unpaired) electrons. The summed E-state index contributed by atoms with van der Waals surface area (Å²) in [6.07, 6.45) is 2.08. The number of fused-ring (bicyclic) bond motifs is 3. The number of benzene rings is 8. The van der Waals surface area contributed by atoms with E-state index >= 15 is 0 Å². The number of halogens is 1. The fourth-order valence-electron chi connectivity index (χ4n) is 7.13. The van der Waals surface area contributed by atoms with Crippen molar-refractivity contribution in [1.29, 1.82) is 0 Å². The quantitative estimate of drug-likeness (QED) is 0.160. The molecule has 1 aliphatic carbocycles. The Balaban J connectivity index is 1.43. The van der Waals surface area contributed by atoms with Gasteiger partial charge in [-0.3, -0.25) is 0 Å². The van der Waals surface area contributed by atoms with Gasteiger partial charge in [-0.15, -0.1) is 0 Å². The lowest BCUT2D eigenvalue weighted by Gasteiger charge is -2.20. The molecule has 8 aromatic carbocycles. The summed E-state index contributed by atoms with van der Waals surface area (Å²) in [5.74, 6) is -0.0637. The van der Waals surface area contributed by atoms with Crippen LogP contribution in [0, 0.1) is 0 Å². The highest BCUT2D eigenvalue weighted by atomic mass is 19.1. The number of rotatable bonds is 2. The van der Waals surface area contributed by atoms with Gasteiger partial charge in [0.05, 0.1) is 0 Å². The molecule has 0 saturated heterocycles. The lowest BCUT2D eigenvalue weighted by Crippen LogP contribution is -1.93. The molecule has 8 aromatic rings. The fraction of sp³-hybridized carbons (Fsp3) is 0.0256. The van der Waals surface area contributed by atoms with Crippen molar-refractivity contribution >= 4 is 59.9 Å². The molecule has 0 bridgehead atoms. The minimum absolute atomic E-state index is 0.0637. The lowest BCUT2D eigenvalue weighted by atomic mass is 9.83. The van der Waals surface area contributed by atoms with E-state index in [0.717, 1.165) is 16.7 Å². The Kier molecular flexibility index (Phi) is 4.38. The van der Waals surface area contributed by atoms with Gasteiger partial charge in [-0.05, 0) is 99.4 Å². The van der Waals surface area contributed by atoms with Gasteiger partial charge in [0.25, 0.3) is 0 Å². The Bertz CT molecular complexity index is 2280. The van der Waals surface area contributed by atoms with Gasteiger partial charge in [-0.1, -0.05) is 115 Å². The molecule has 0 aromatic heterocycles. The van der Waals surface area contributed by atoms with Gasteiger partial charge < -0.3 is 0 Å². The predicted octanol–water partition coefficient (Wildman–Crippen LogP) is 11.1. The minimum Gasteiger partial charge on any atom is -0.211 e. The second kappa shape index (κ2) is 8.00. The molecule has 0 atom stereocenters. The lowest BCUT2D eigenvalue weighted by molar-refractivity contribution is 0.627. The van der Waals surface area contributed by atoms with Crippen LogP contribution in [-0.4, -0.2) is 0 Å². The Morgan fingerprint density at radius 2 is 1.07 bits per heavy atom. The molecule has 0 nitrogen and oxygen atoms in total. The van der Waals surface area contributed by atoms with Gasteiger partial charge in [-0.2, -0.15) is 0 Å². The first kappa shape index (κ1) is 21.9. The van der Waals surface area contributed by atoms with Gasteiger partial charge in [0.15, 0.2) is 0 Å². The van der Waals surface area contributed by atoms with E-state index in [1.165, 1.54) is 70.6 Å². The maximum Gasteiger partial charge on any atom is 0.105 e. The van der Waals surface area contributed by atoms with Gasteiger partial charge in [-0.25, -0.2) is 4.39 Å². The van der Waals surface area contributed by atoms with Crippen molar-refractivity contribution in [2.75, 3.05) is 0 Å². The molecule has 1 aliphatic rings. The summed E-state index contributed by atoms with van der Waals surface area (Å²) < 4.78 is 14.1. The Hall–Kier alpha value is -5.01. The number of hydrogen-bond donors (Lipinski definition) is 0. The summed E-state index contributed by atoms with van der Waals surface area (Å²) in [5.41, 5.74) is 6.89. The van der Waals surface area contributed by atoms with Crippen LogP contribution in [-0.2, 0) is 6.42 Å². The minimum atomic E-state index is -0.0637. The van der Waals surface area contributed by atoms with E-state index in [4.69, 9.17) is 0 Å². The first-order valence-electron chi connectivity index (χ1n) is 13.8. The molecular formula is C39H23F. The predicted molar refractivity (Wildman–Crippen MR) is 169 cm³/mol. The summed E-state index contributed by atoms with van der Waals surface area (Å²) in [6, 6.07) is 44.1. The molecule has 0 fully saturated rings. The largest absolute Gasteiger partial charge is 0.211 e. The molecule has 0 spiro atoms. The fourth-order valence-corrected chi connectivity index (χ4v) is 7.13. The average molecular weight is 511 g/mol. The first-order valence-corrected chi connectivity index (χ1v) is 13.8. The molecule has 0 aliphatic heterocycles. The van der Waals surface area contributed by atoms with Crippen LogP contribution < -0.4 is 0 Å². The van der Waals surface area contributed by atoms with E-state index in [-0.39, 0.29) is 5.83 Å². The van der Waals surface area contributed by atoms with E-state index in [1.807, 2.05) is 0 Å². The molecule has 0 unspecified atom stereocenters. The second-order valence-electron chi connectivity index (χ2n) is 11.0. The normalized spacial score (nSPS) is 13.2. The van der Waals surface area contributed by atoms with E-state index in [2.05, 4.69) is 121 Å². The van der Waals surface area contributed by atoms with Crippen molar-refractivity contribution in [1.82, 2.24) is 0 Å². The Morgan fingerprint density at radius 1 is 0.475 bits per heavy atom. The highest BCUT2D eigenvalue weighted by Gasteiger charge is 2.20. The molecular weight excluding hydrogens is 487 g/mol. The summed E-state index contributed by atoms with van der Waals surface area (Å²) in [4.78, 5) is 0. The standard InChI is InChI=1S/C39H23F/c40-29-21-26-14-15-27(20-28(26)22-29)37-30-8-1-3-10-32(30)39(33-11-4-2-9-31(33)37)35-19-17-25-13-12-23-6-5-7-24-16-18-34(35)38(25)36(23)24/h1-20,22H,21H2. The molecule has 0 heterocycles. The highest BCUT2D eigenvalue weighted by Crippen LogP contribution is 2.47. The van der Waals surface area contributed by atoms with E-state index < -0.39 is 0 Å². The van der Waals surface area contributed by atoms with Gasteiger partial charge in [0.1, 0.15) is 5.83 Å². The third kappa shape index (κ3) is 2.95. The average Bonchev–Trinajstić information content (AvgIpc) is 3.38. The molecule has 40 heavy (non-hydrogen) atoms. The summed E-state index contributed by atoms with van der Waals surface area (Å²) in [5, 5.41) is 12.7. The van der Waals surface area contributed by atoms with Crippen LogP contribution >= 0.6 is 0 Å². The summed E-state index contributed by atoms with van der Waals surface area (Å²) in [6.45, 7) is 0. The molecule has 0 saturated carbocycles. The van der Waals surface area contributed by atoms with Crippen molar-refractivity contribution in [3.63, 3.8) is 0 Å². The van der Waals surface area contributed by atoms with Crippen molar-refractivity contribution < 1.29 is 4.39 Å². The topological polar surface area (TPSA) is 0 Å². The van der Waals surface area contributed by atoms with Gasteiger partial charge in [0, 0.05) is 6.42 Å². The maximum atomic E-state index is 14.1. The molecule has 9 rings (SSSR count). The molecule has 186 valence electrons. The van der Waals surface area contributed by atoms with E-state index in [9.17, 15) is 4.39 Å². The van der Waals surface area contributed by atoms with E-state index in [0.29, 0.717) is 6.42 Å². The van der Waals surface area contributed by atoms with Crippen LogP contribution in [0.15, 0.2) is 127 Å². The van der Waals surface area contributed by atoms with Crippen molar-refractivity contribution in [3.05, 3.63) is 138 Å². The van der Waals surface area contributed by atoms with Gasteiger partial charge >= 0.3 is 0 Å². The number of allylic oxidation sites excluding steroid dienone is 1. The van der Waals surface area contributed by atoms with E-state index in [1.54, 1.807) is 6.08 Å². The van der Waals surface area contributed by atoms with Crippen LogP contribution in [0.1, 0.15) is 11.1 Å². The van der Waals surface area contributed by atoms with Crippen LogP contribution in [0.3, 0.4) is 0 Å².